The van der Waals surface area contributed by atoms with Gasteiger partial charge in [0.2, 0.25) is 5.91 Å². The van der Waals surface area contributed by atoms with Crippen molar-refractivity contribution < 1.29 is 23.9 Å². The van der Waals surface area contributed by atoms with Gasteiger partial charge in [0, 0.05) is 0 Å². The molecule has 0 spiro atoms. The lowest BCUT2D eigenvalue weighted by Gasteiger charge is -2.21. The fourth-order valence-corrected chi connectivity index (χ4v) is 2.63. The van der Waals surface area contributed by atoms with Gasteiger partial charge >= 0.3 is 11.9 Å². The molecule has 2 aromatic rings. The van der Waals surface area contributed by atoms with Crippen LogP contribution in [0.15, 0.2) is 60.7 Å². The van der Waals surface area contributed by atoms with Crippen molar-refractivity contribution in [2.75, 3.05) is 14.2 Å². The molecule has 0 heterocycles. The second kappa shape index (κ2) is 9.36. The Hall–Kier alpha value is -3.15. The lowest BCUT2D eigenvalue weighted by atomic mass is 9.90. The average molecular weight is 355 g/mol. The van der Waals surface area contributed by atoms with E-state index in [0.29, 0.717) is 0 Å². The number of benzene rings is 2. The Morgan fingerprint density at radius 3 is 1.77 bits per heavy atom. The van der Waals surface area contributed by atoms with Gasteiger partial charge in [-0.25, -0.2) is 4.79 Å². The first-order chi connectivity index (χ1) is 12.6. The molecule has 1 atom stereocenters. The molecule has 0 aliphatic rings. The molecule has 0 saturated carbocycles. The monoisotopic (exact) mass is 355 g/mol. The molecule has 6 heteroatoms. The standard InChI is InChI=1S/C20H21NO5/c1-25-17(22)13-16(20(24)26-2)21-19(23)18(14-9-5-3-6-10-14)15-11-7-4-8-12-15/h3-12,16,18H,13H2,1-2H3,(H,21,23)/t16-/m0/s1. The van der Waals surface area contributed by atoms with Crippen molar-refractivity contribution in [1.82, 2.24) is 5.32 Å². The zero-order valence-electron chi connectivity index (χ0n) is 14.7. The highest BCUT2D eigenvalue weighted by molar-refractivity contribution is 5.92. The van der Waals surface area contributed by atoms with Crippen molar-refractivity contribution in [3.05, 3.63) is 71.8 Å². The van der Waals surface area contributed by atoms with Crippen LogP contribution in [-0.2, 0) is 23.9 Å². The SMILES string of the molecule is COC(=O)C[C@H](NC(=O)C(c1ccccc1)c1ccccc1)C(=O)OC. The third kappa shape index (κ3) is 4.92. The van der Waals surface area contributed by atoms with E-state index in [0.717, 1.165) is 11.1 Å². The van der Waals surface area contributed by atoms with Crippen LogP contribution in [0, 0.1) is 0 Å². The quantitative estimate of drug-likeness (QED) is 0.769. The van der Waals surface area contributed by atoms with Gasteiger partial charge in [-0.3, -0.25) is 9.59 Å². The molecule has 2 aromatic carbocycles. The molecule has 0 aliphatic carbocycles. The van der Waals surface area contributed by atoms with E-state index in [2.05, 4.69) is 14.8 Å². The molecule has 26 heavy (non-hydrogen) atoms. The number of carbonyl (C=O) groups excluding carboxylic acids is 3. The molecular weight excluding hydrogens is 334 g/mol. The van der Waals surface area contributed by atoms with E-state index in [4.69, 9.17) is 0 Å². The van der Waals surface area contributed by atoms with E-state index in [9.17, 15) is 14.4 Å². The molecule has 1 amide bonds. The zero-order valence-corrected chi connectivity index (χ0v) is 14.7. The lowest BCUT2D eigenvalue weighted by Crippen LogP contribution is -2.45. The summed E-state index contributed by atoms with van der Waals surface area (Å²) in [7, 11) is 2.42. The molecule has 2 rings (SSSR count). The molecule has 0 saturated heterocycles. The Balaban J connectivity index is 2.30. The number of nitrogens with one attached hydrogen (secondary N) is 1. The normalized spacial score (nSPS) is 11.5. The van der Waals surface area contributed by atoms with E-state index in [1.807, 2.05) is 60.7 Å². The summed E-state index contributed by atoms with van der Waals surface area (Å²) in [5.74, 6) is -2.34. The molecule has 6 nitrogen and oxygen atoms in total. The Morgan fingerprint density at radius 1 is 0.846 bits per heavy atom. The highest BCUT2D eigenvalue weighted by atomic mass is 16.5. The highest BCUT2D eigenvalue weighted by Crippen LogP contribution is 2.25. The third-order valence-corrected chi connectivity index (χ3v) is 3.93. The number of rotatable bonds is 7. The van der Waals surface area contributed by atoms with Crippen LogP contribution in [-0.4, -0.2) is 38.1 Å². The summed E-state index contributed by atoms with van der Waals surface area (Å²) in [6.45, 7) is 0. The maximum absolute atomic E-state index is 13.0. The summed E-state index contributed by atoms with van der Waals surface area (Å²) in [4.78, 5) is 36.5. The summed E-state index contributed by atoms with van der Waals surface area (Å²) in [6, 6.07) is 17.3. The van der Waals surface area contributed by atoms with Crippen LogP contribution in [0.2, 0.25) is 0 Å². The van der Waals surface area contributed by atoms with Crippen LogP contribution >= 0.6 is 0 Å². The summed E-state index contributed by atoms with van der Waals surface area (Å²) < 4.78 is 9.28. The number of ether oxygens (including phenoxy) is 2. The van der Waals surface area contributed by atoms with Gasteiger partial charge in [0.15, 0.2) is 0 Å². The Kier molecular flexibility index (Phi) is 6.91. The summed E-state index contributed by atoms with van der Waals surface area (Å²) in [5.41, 5.74) is 1.55. The number of carbonyl (C=O) groups is 3. The maximum atomic E-state index is 13.0. The van der Waals surface area contributed by atoms with E-state index in [-0.39, 0.29) is 6.42 Å². The van der Waals surface area contributed by atoms with Crippen LogP contribution in [0.25, 0.3) is 0 Å². The van der Waals surface area contributed by atoms with Gasteiger partial charge in [-0.15, -0.1) is 0 Å². The van der Waals surface area contributed by atoms with Crippen molar-refractivity contribution >= 4 is 17.8 Å². The van der Waals surface area contributed by atoms with Crippen molar-refractivity contribution in [2.24, 2.45) is 0 Å². The van der Waals surface area contributed by atoms with Crippen LogP contribution in [0.1, 0.15) is 23.5 Å². The van der Waals surface area contributed by atoms with Gasteiger partial charge in [-0.1, -0.05) is 60.7 Å². The molecule has 0 bridgehead atoms. The van der Waals surface area contributed by atoms with Crippen molar-refractivity contribution in [1.29, 1.82) is 0 Å². The zero-order chi connectivity index (χ0) is 18.9. The first-order valence-corrected chi connectivity index (χ1v) is 8.11. The summed E-state index contributed by atoms with van der Waals surface area (Å²) in [5, 5.41) is 2.62. The van der Waals surface area contributed by atoms with Crippen LogP contribution in [0.3, 0.4) is 0 Å². The topological polar surface area (TPSA) is 81.7 Å². The Morgan fingerprint density at radius 2 is 1.35 bits per heavy atom. The number of amides is 1. The molecule has 0 aromatic heterocycles. The molecule has 0 radical (unpaired) electrons. The van der Waals surface area contributed by atoms with Gasteiger partial charge < -0.3 is 14.8 Å². The van der Waals surface area contributed by atoms with Gasteiger partial charge in [-0.2, -0.15) is 0 Å². The molecule has 136 valence electrons. The number of hydrogen-bond acceptors (Lipinski definition) is 5. The minimum atomic E-state index is -1.12. The predicted octanol–water partition coefficient (Wildman–Crippen LogP) is 2.04. The predicted molar refractivity (Wildman–Crippen MR) is 95.3 cm³/mol. The van der Waals surface area contributed by atoms with Crippen molar-refractivity contribution in [2.45, 2.75) is 18.4 Å². The van der Waals surface area contributed by atoms with E-state index in [1.165, 1.54) is 14.2 Å². The van der Waals surface area contributed by atoms with Crippen LogP contribution in [0.5, 0.6) is 0 Å². The summed E-state index contributed by atoms with van der Waals surface area (Å²) >= 11 is 0. The minimum Gasteiger partial charge on any atom is -0.469 e. The van der Waals surface area contributed by atoms with Crippen LogP contribution in [0.4, 0.5) is 0 Å². The van der Waals surface area contributed by atoms with Gasteiger partial charge in [0.05, 0.1) is 26.6 Å². The Bertz CT molecular complexity index is 706. The van der Waals surface area contributed by atoms with E-state index < -0.39 is 29.8 Å². The second-order valence-corrected chi connectivity index (χ2v) is 5.62. The summed E-state index contributed by atoms with van der Waals surface area (Å²) in [6.07, 6.45) is -0.300. The van der Waals surface area contributed by atoms with E-state index in [1.54, 1.807) is 0 Å². The minimum absolute atomic E-state index is 0.300. The van der Waals surface area contributed by atoms with Gasteiger partial charge in [-0.05, 0) is 11.1 Å². The molecule has 0 unspecified atom stereocenters. The van der Waals surface area contributed by atoms with E-state index >= 15 is 0 Å². The fourth-order valence-electron chi connectivity index (χ4n) is 2.63. The highest BCUT2D eigenvalue weighted by Gasteiger charge is 2.30. The largest absolute Gasteiger partial charge is 0.469 e. The first kappa shape index (κ1) is 19.2. The van der Waals surface area contributed by atoms with Gasteiger partial charge in [0.1, 0.15) is 6.04 Å². The number of hydrogen-bond donors (Lipinski definition) is 1. The Labute approximate surface area is 152 Å². The molecule has 0 fully saturated rings. The number of esters is 2. The van der Waals surface area contributed by atoms with Crippen molar-refractivity contribution in [3.63, 3.8) is 0 Å². The second-order valence-electron chi connectivity index (χ2n) is 5.62. The molecule has 0 aliphatic heterocycles. The van der Waals surface area contributed by atoms with Crippen molar-refractivity contribution in [3.8, 4) is 0 Å². The maximum Gasteiger partial charge on any atom is 0.328 e. The van der Waals surface area contributed by atoms with Gasteiger partial charge in [0.25, 0.3) is 0 Å². The number of methoxy groups -OCH3 is 2. The molecular formula is C20H21NO5. The first-order valence-electron chi connectivity index (χ1n) is 8.11. The third-order valence-electron chi connectivity index (χ3n) is 3.93. The van der Waals surface area contributed by atoms with Crippen LogP contribution < -0.4 is 5.32 Å². The molecule has 1 N–H and O–H groups in total. The lowest BCUT2D eigenvalue weighted by molar-refractivity contribution is -0.150. The average Bonchev–Trinajstić information content (AvgIpc) is 2.68. The smallest absolute Gasteiger partial charge is 0.328 e. The fraction of sp³-hybridized carbons (Fsp3) is 0.250.